The van der Waals surface area contributed by atoms with E-state index in [0.29, 0.717) is 17.8 Å². The summed E-state index contributed by atoms with van der Waals surface area (Å²) in [5.74, 6) is 1.10. The lowest BCUT2D eigenvalue weighted by Crippen LogP contribution is -2.55. The van der Waals surface area contributed by atoms with E-state index in [1.807, 2.05) is 36.6 Å². The third-order valence-electron chi connectivity index (χ3n) is 6.76. The summed E-state index contributed by atoms with van der Waals surface area (Å²) in [4.78, 5) is 44.2. The van der Waals surface area contributed by atoms with Gasteiger partial charge in [0.05, 0.1) is 29.8 Å². The van der Waals surface area contributed by atoms with Gasteiger partial charge in [-0.3, -0.25) is 24.6 Å². The van der Waals surface area contributed by atoms with Crippen molar-refractivity contribution in [2.75, 3.05) is 28.4 Å². The van der Waals surface area contributed by atoms with Crippen molar-refractivity contribution in [1.29, 1.82) is 0 Å². The number of nitrogens with zero attached hydrogens (tertiary/aromatic N) is 2. The van der Waals surface area contributed by atoms with Gasteiger partial charge in [-0.1, -0.05) is 42.3 Å². The number of amides is 3. The molecule has 0 aromatic heterocycles. The van der Waals surface area contributed by atoms with Crippen LogP contribution in [0, 0.1) is 24.2 Å². The number of benzene rings is 2. The number of carbonyl (C=O) groups excluding carboxylic acids is 3. The molecule has 4 atom stereocenters. The van der Waals surface area contributed by atoms with Gasteiger partial charge in [-0.05, 0) is 36.6 Å². The van der Waals surface area contributed by atoms with E-state index in [9.17, 15) is 14.4 Å². The summed E-state index contributed by atoms with van der Waals surface area (Å²) < 4.78 is 0. The SMILES string of the molecule is C#CCN1C(=O)[C@]2(N[C@H](CCSC)[C@H]3C(=O)N(c4ccccc4)C(=O)[C@H]32)c2ccccc21. The zero-order chi connectivity index (χ0) is 22.5. The monoisotopic (exact) mass is 445 g/mol. The predicted octanol–water partition coefficient (Wildman–Crippen LogP) is 2.39. The highest BCUT2D eigenvalue weighted by Gasteiger charge is 2.71. The van der Waals surface area contributed by atoms with Gasteiger partial charge in [0.25, 0.3) is 5.91 Å². The second-order valence-electron chi connectivity index (χ2n) is 8.30. The molecule has 0 bridgehead atoms. The van der Waals surface area contributed by atoms with Gasteiger partial charge in [-0.15, -0.1) is 6.42 Å². The Labute approximate surface area is 191 Å². The molecule has 0 radical (unpaired) electrons. The van der Waals surface area contributed by atoms with Crippen molar-refractivity contribution < 1.29 is 14.4 Å². The van der Waals surface area contributed by atoms with Crippen LogP contribution in [-0.4, -0.2) is 42.3 Å². The van der Waals surface area contributed by atoms with Gasteiger partial charge in [0, 0.05) is 11.6 Å². The van der Waals surface area contributed by atoms with E-state index < -0.39 is 17.4 Å². The van der Waals surface area contributed by atoms with Crippen LogP contribution in [0.15, 0.2) is 54.6 Å². The first kappa shape index (κ1) is 20.8. The number of anilines is 2. The number of hydrogen-bond acceptors (Lipinski definition) is 5. The molecule has 2 aromatic carbocycles. The van der Waals surface area contributed by atoms with Crippen LogP contribution in [-0.2, 0) is 19.9 Å². The number of para-hydroxylation sites is 2. The molecule has 0 unspecified atom stereocenters. The number of rotatable bonds is 5. The fourth-order valence-electron chi connectivity index (χ4n) is 5.52. The van der Waals surface area contributed by atoms with Crippen LogP contribution in [0.1, 0.15) is 12.0 Å². The van der Waals surface area contributed by atoms with Crippen molar-refractivity contribution in [3.63, 3.8) is 0 Å². The first-order chi connectivity index (χ1) is 15.6. The minimum atomic E-state index is -1.29. The van der Waals surface area contributed by atoms with E-state index in [4.69, 9.17) is 6.42 Å². The van der Waals surface area contributed by atoms with Crippen LogP contribution in [0.5, 0.6) is 0 Å². The fraction of sp³-hybridized carbons (Fsp3) is 0.320. The average molecular weight is 446 g/mol. The van der Waals surface area contributed by atoms with E-state index >= 15 is 0 Å². The third-order valence-corrected chi connectivity index (χ3v) is 7.41. The first-order valence-electron chi connectivity index (χ1n) is 10.6. The van der Waals surface area contributed by atoms with Gasteiger partial charge in [0.2, 0.25) is 11.8 Å². The zero-order valence-electron chi connectivity index (χ0n) is 17.7. The number of hydrogen-bond donors (Lipinski definition) is 1. The minimum absolute atomic E-state index is 0.108. The molecule has 3 aliphatic rings. The van der Waals surface area contributed by atoms with Crippen molar-refractivity contribution in [2.24, 2.45) is 11.8 Å². The second-order valence-corrected chi connectivity index (χ2v) is 9.29. The van der Waals surface area contributed by atoms with Gasteiger partial charge in [0.15, 0.2) is 0 Å². The highest BCUT2D eigenvalue weighted by Crippen LogP contribution is 2.55. The van der Waals surface area contributed by atoms with Crippen molar-refractivity contribution in [3.05, 3.63) is 60.2 Å². The number of thioether (sulfide) groups is 1. The van der Waals surface area contributed by atoms with Crippen LogP contribution >= 0.6 is 11.8 Å². The molecule has 3 heterocycles. The number of fused-ring (bicyclic) bond motifs is 4. The Balaban J connectivity index is 1.68. The van der Waals surface area contributed by atoms with Gasteiger partial charge >= 0.3 is 0 Å². The molecular formula is C25H23N3O3S. The smallest absolute Gasteiger partial charge is 0.253 e. The summed E-state index contributed by atoms with van der Waals surface area (Å²) in [5, 5.41) is 3.49. The number of carbonyl (C=O) groups is 3. The molecule has 2 fully saturated rings. The van der Waals surface area contributed by atoms with Crippen molar-refractivity contribution >= 4 is 40.9 Å². The standard InChI is InChI=1S/C25H23N3O3S/c1-3-14-27-19-12-8-7-11-17(19)25(24(27)31)21-20(18(26-25)13-15-32-2)22(29)28(23(21)30)16-9-5-4-6-10-16/h1,4-12,18,20-21,26H,13-15H2,2H3/t18-,20-,21+,25+/m1/s1. The summed E-state index contributed by atoms with van der Waals surface area (Å²) in [5.41, 5.74) is 0.663. The highest BCUT2D eigenvalue weighted by atomic mass is 32.2. The summed E-state index contributed by atoms with van der Waals surface area (Å²) in [6.45, 7) is 0.108. The Morgan fingerprint density at radius 1 is 1.06 bits per heavy atom. The second kappa shape index (κ2) is 7.80. The molecule has 0 aliphatic carbocycles. The number of nitrogens with one attached hydrogen (secondary N) is 1. The van der Waals surface area contributed by atoms with E-state index in [2.05, 4.69) is 11.2 Å². The van der Waals surface area contributed by atoms with E-state index in [1.54, 1.807) is 40.9 Å². The Kier molecular flexibility index (Phi) is 5.07. The maximum absolute atomic E-state index is 13.9. The van der Waals surface area contributed by atoms with E-state index in [-0.39, 0.29) is 30.3 Å². The number of terminal acetylenes is 1. The van der Waals surface area contributed by atoms with Crippen molar-refractivity contribution in [1.82, 2.24) is 5.32 Å². The summed E-state index contributed by atoms with van der Waals surface area (Å²) in [6.07, 6.45) is 8.25. The molecule has 3 aliphatic heterocycles. The minimum Gasteiger partial charge on any atom is -0.298 e. The Bertz CT molecular complexity index is 1140. The van der Waals surface area contributed by atoms with Gasteiger partial charge in [0.1, 0.15) is 5.54 Å². The molecule has 6 nitrogen and oxygen atoms in total. The Hall–Kier alpha value is -3.08. The predicted molar refractivity (Wildman–Crippen MR) is 125 cm³/mol. The lowest BCUT2D eigenvalue weighted by atomic mass is 9.76. The largest absolute Gasteiger partial charge is 0.298 e. The molecule has 5 rings (SSSR count). The molecule has 0 saturated carbocycles. The molecular weight excluding hydrogens is 422 g/mol. The maximum atomic E-state index is 13.9. The van der Waals surface area contributed by atoms with Gasteiger partial charge in [-0.25, -0.2) is 4.90 Å². The summed E-state index contributed by atoms with van der Waals surface area (Å²) >= 11 is 1.68. The van der Waals surface area contributed by atoms with E-state index in [1.165, 1.54) is 4.90 Å². The third kappa shape index (κ3) is 2.70. The zero-order valence-corrected chi connectivity index (χ0v) is 18.5. The quantitative estimate of drug-likeness (QED) is 0.565. The van der Waals surface area contributed by atoms with Crippen LogP contribution in [0.25, 0.3) is 0 Å². The first-order valence-corrected chi connectivity index (χ1v) is 12.0. The molecule has 3 amide bonds. The normalized spacial score (nSPS) is 28.4. The van der Waals surface area contributed by atoms with Gasteiger partial charge in [-0.2, -0.15) is 11.8 Å². The fourth-order valence-corrected chi connectivity index (χ4v) is 6.01. The number of imide groups is 1. The van der Waals surface area contributed by atoms with Gasteiger partial charge < -0.3 is 0 Å². The highest BCUT2D eigenvalue weighted by molar-refractivity contribution is 7.98. The molecule has 162 valence electrons. The Morgan fingerprint density at radius 3 is 2.50 bits per heavy atom. The lowest BCUT2D eigenvalue weighted by Gasteiger charge is -2.30. The van der Waals surface area contributed by atoms with Crippen molar-refractivity contribution in [3.8, 4) is 12.3 Å². The molecule has 7 heteroatoms. The molecule has 1 N–H and O–H groups in total. The summed E-state index contributed by atoms with van der Waals surface area (Å²) in [7, 11) is 0. The van der Waals surface area contributed by atoms with Crippen LogP contribution in [0.4, 0.5) is 11.4 Å². The summed E-state index contributed by atoms with van der Waals surface area (Å²) in [6, 6.07) is 16.1. The molecule has 2 aromatic rings. The Morgan fingerprint density at radius 2 is 1.78 bits per heavy atom. The van der Waals surface area contributed by atoms with E-state index in [0.717, 1.165) is 11.3 Å². The molecule has 1 spiro atoms. The lowest BCUT2D eigenvalue weighted by molar-refractivity contribution is -0.132. The van der Waals surface area contributed by atoms with Crippen LogP contribution in [0.3, 0.4) is 0 Å². The van der Waals surface area contributed by atoms with Crippen LogP contribution in [0.2, 0.25) is 0 Å². The van der Waals surface area contributed by atoms with Crippen molar-refractivity contribution in [2.45, 2.75) is 18.0 Å². The van der Waals surface area contributed by atoms with Crippen LogP contribution < -0.4 is 15.1 Å². The molecule has 2 saturated heterocycles. The topological polar surface area (TPSA) is 69.7 Å². The average Bonchev–Trinajstić information content (AvgIpc) is 3.38. The molecule has 32 heavy (non-hydrogen) atoms. The maximum Gasteiger partial charge on any atom is 0.253 e.